The molecule has 0 saturated carbocycles. The summed E-state index contributed by atoms with van der Waals surface area (Å²) in [5, 5.41) is 2.87. The van der Waals surface area contributed by atoms with Gasteiger partial charge in [-0.3, -0.25) is 4.79 Å². The average molecular weight is 353 g/mol. The van der Waals surface area contributed by atoms with Crippen LogP contribution in [0.15, 0.2) is 29.0 Å². The molecule has 21 heavy (non-hydrogen) atoms. The van der Waals surface area contributed by atoms with E-state index in [1.165, 1.54) is 0 Å². The number of nitrogens with zero attached hydrogens (tertiary/aromatic N) is 2. The molecule has 1 fully saturated rings. The number of carbonyl (C=O) groups is 1. The third-order valence-corrected chi connectivity index (χ3v) is 4.04. The van der Waals surface area contributed by atoms with Crippen LogP contribution < -0.4 is 11.1 Å². The molecule has 1 aliphatic rings. The molecule has 0 aromatic carbocycles. The van der Waals surface area contributed by atoms with Crippen LogP contribution in [0.4, 0.5) is 0 Å². The molecular formula is C14H17BrN4O2. The van der Waals surface area contributed by atoms with E-state index in [9.17, 15) is 4.79 Å². The molecule has 3 heterocycles. The highest BCUT2D eigenvalue weighted by molar-refractivity contribution is 9.10. The zero-order valence-corrected chi connectivity index (χ0v) is 13.0. The highest BCUT2D eigenvalue weighted by atomic mass is 79.9. The summed E-state index contributed by atoms with van der Waals surface area (Å²) in [7, 11) is 0. The number of ether oxygens (including phenoxy) is 1. The lowest BCUT2D eigenvalue weighted by molar-refractivity contribution is -0.132. The Morgan fingerprint density at radius 3 is 3.10 bits per heavy atom. The van der Waals surface area contributed by atoms with Crippen LogP contribution in [-0.4, -0.2) is 34.0 Å². The van der Waals surface area contributed by atoms with Crippen LogP contribution in [-0.2, 0) is 16.1 Å². The number of rotatable bonds is 4. The highest BCUT2D eigenvalue weighted by Gasteiger charge is 2.29. The SMILES string of the molecule is NC[C@H]1CC[C@@H](C(=O)NCc2cn3cc(Br)ccc3n2)O1. The minimum absolute atomic E-state index is 0.00768. The maximum atomic E-state index is 12.0. The summed E-state index contributed by atoms with van der Waals surface area (Å²) < 4.78 is 8.47. The quantitative estimate of drug-likeness (QED) is 0.866. The number of amides is 1. The fourth-order valence-corrected chi connectivity index (χ4v) is 2.82. The van der Waals surface area contributed by atoms with Crippen LogP contribution >= 0.6 is 15.9 Å². The Balaban J connectivity index is 1.60. The Morgan fingerprint density at radius 2 is 2.33 bits per heavy atom. The van der Waals surface area contributed by atoms with Gasteiger partial charge in [-0.05, 0) is 40.9 Å². The first kappa shape index (κ1) is 14.5. The number of hydrogen-bond donors (Lipinski definition) is 2. The van der Waals surface area contributed by atoms with Crippen LogP contribution in [0, 0.1) is 0 Å². The van der Waals surface area contributed by atoms with Crippen LogP contribution in [0.2, 0.25) is 0 Å². The van der Waals surface area contributed by atoms with Crippen molar-refractivity contribution >= 4 is 27.5 Å². The van der Waals surface area contributed by atoms with Gasteiger partial charge in [0.2, 0.25) is 5.91 Å². The predicted molar refractivity (Wildman–Crippen MR) is 81.7 cm³/mol. The molecule has 112 valence electrons. The predicted octanol–water partition coefficient (Wildman–Crippen LogP) is 1.22. The van der Waals surface area contributed by atoms with Gasteiger partial charge in [0.25, 0.3) is 0 Å². The molecule has 1 aliphatic heterocycles. The van der Waals surface area contributed by atoms with Crippen LogP contribution in [0.1, 0.15) is 18.5 Å². The third-order valence-electron chi connectivity index (χ3n) is 3.57. The summed E-state index contributed by atoms with van der Waals surface area (Å²) in [5.74, 6) is -0.0933. The topological polar surface area (TPSA) is 81.7 Å². The van der Waals surface area contributed by atoms with E-state index in [-0.39, 0.29) is 18.1 Å². The number of fused-ring (bicyclic) bond motifs is 1. The molecule has 0 bridgehead atoms. The van der Waals surface area contributed by atoms with Crippen LogP contribution in [0.3, 0.4) is 0 Å². The molecule has 0 aliphatic carbocycles. The number of carbonyl (C=O) groups excluding carboxylic acids is 1. The van der Waals surface area contributed by atoms with E-state index >= 15 is 0 Å². The van der Waals surface area contributed by atoms with Gasteiger partial charge in [0.05, 0.1) is 18.3 Å². The lowest BCUT2D eigenvalue weighted by Crippen LogP contribution is -2.35. The first-order valence-electron chi connectivity index (χ1n) is 6.92. The van der Waals surface area contributed by atoms with Crippen molar-refractivity contribution in [3.05, 3.63) is 34.7 Å². The number of nitrogens with one attached hydrogen (secondary N) is 1. The van der Waals surface area contributed by atoms with Gasteiger partial charge < -0.3 is 20.2 Å². The van der Waals surface area contributed by atoms with Crippen molar-refractivity contribution < 1.29 is 9.53 Å². The summed E-state index contributed by atoms with van der Waals surface area (Å²) in [4.78, 5) is 16.5. The fourth-order valence-electron chi connectivity index (χ4n) is 2.47. The van der Waals surface area contributed by atoms with Crippen LogP contribution in [0.25, 0.3) is 5.65 Å². The molecule has 3 rings (SSSR count). The standard InChI is InChI=1S/C14H17BrN4O2/c15-9-1-4-13-18-10(8-19(13)7-9)6-17-14(20)12-3-2-11(5-16)21-12/h1,4,7-8,11-12H,2-3,5-6,16H2,(H,17,20)/t11-,12+/m1/s1. The molecule has 7 heteroatoms. The van der Waals surface area contributed by atoms with Crippen LogP contribution in [0.5, 0.6) is 0 Å². The van der Waals surface area contributed by atoms with Crippen molar-refractivity contribution in [1.29, 1.82) is 0 Å². The summed E-state index contributed by atoms with van der Waals surface area (Å²) in [6, 6.07) is 3.85. The molecule has 2 aromatic rings. The summed E-state index contributed by atoms with van der Waals surface area (Å²) in [6.45, 7) is 0.858. The lowest BCUT2D eigenvalue weighted by Gasteiger charge is -2.11. The van der Waals surface area contributed by atoms with E-state index < -0.39 is 0 Å². The maximum Gasteiger partial charge on any atom is 0.249 e. The molecule has 2 aromatic heterocycles. The molecule has 0 radical (unpaired) electrons. The molecular weight excluding hydrogens is 336 g/mol. The number of nitrogens with two attached hydrogens (primary N) is 1. The van der Waals surface area contributed by atoms with Crippen molar-refractivity contribution in [1.82, 2.24) is 14.7 Å². The second-order valence-electron chi connectivity index (χ2n) is 5.12. The molecule has 0 spiro atoms. The minimum Gasteiger partial charge on any atom is -0.364 e. The molecule has 2 atom stereocenters. The Bertz CT molecular complexity index is 657. The Kier molecular flexibility index (Phi) is 4.23. The second-order valence-corrected chi connectivity index (χ2v) is 6.04. The van der Waals surface area contributed by atoms with Gasteiger partial charge in [0.15, 0.2) is 0 Å². The summed E-state index contributed by atoms with van der Waals surface area (Å²) in [5.41, 5.74) is 7.21. The normalized spacial score (nSPS) is 21.8. The number of hydrogen-bond acceptors (Lipinski definition) is 4. The van der Waals surface area contributed by atoms with Crippen molar-refractivity contribution in [3.63, 3.8) is 0 Å². The van der Waals surface area contributed by atoms with Gasteiger partial charge in [0, 0.05) is 23.4 Å². The third kappa shape index (κ3) is 3.25. The Morgan fingerprint density at radius 1 is 1.48 bits per heavy atom. The van der Waals surface area contributed by atoms with E-state index in [4.69, 9.17) is 10.5 Å². The van der Waals surface area contributed by atoms with E-state index in [1.54, 1.807) is 0 Å². The summed E-state index contributed by atoms with van der Waals surface area (Å²) >= 11 is 3.42. The Hall–Kier alpha value is -1.44. The molecule has 3 N–H and O–H groups in total. The van der Waals surface area contributed by atoms with Crippen molar-refractivity contribution in [3.8, 4) is 0 Å². The molecule has 0 unspecified atom stereocenters. The van der Waals surface area contributed by atoms with E-state index in [2.05, 4.69) is 26.2 Å². The second kappa shape index (κ2) is 6.13. The van der Waals surface area contributed by atoms with Gasteiger partial charge in [-0.2, -0.15) is 0 Å². The fraction of sp³-hybridized carbons (Fsp3) is 0.429. The van der Waals surface area contributed by atoms with E-state index in [1.807, 2.05) is 28.9 Å². The van der Waals surface area contributed by atoms with Crippen molar-refractivity contribution in [2.75, 3.05) is 6.54 Å². The lowest BCUT2D eigenvalue weighted by atomic mass is 10.2. The first-order chi connectivity index (χ1) is 10.2. The zero-order chi connectivity index (χ0) is 14.8. The zero-order valence-electron chi connectivity index (χ0n) is 11.5. The van der Waals surface area contributed by atoms with Crippen molar-refractivity contribution in [2.24, 2.45) is 5.73 Å². The van der Waals surface area contributed by atoms with Gasteiger partial charge in [0.1, 0.15) is 11.8 Å². The van der Waals surface area contributed by atoms with Crippen molar-refractivity contribution in [2.45, 2.75) is 31.6 Å². The number of aromatic nitrogens is 2. The van der Waals surface area contributed by atoms with Gasteiger partial charge in [-0.15, -0.1) is 0 Å². The highest BCUT2D eigenvalue weighted by Crippen LogP contribution is 2.19. The largest absolute Gasteiger partial charge is 0.364 e. The number of imidazole rings is 1. The number of pyridine rings is 1. The van der Waals surface area contributed by atoms with E-state index in [0.717, 1.165) is 28.7 Å². The van der Waals surface area contributed by atoms with Gasteiger partial charge >= 0.3 is 0 Å². The average Bonchev–Trinajstić information content (AvgIpc) is 3.10. The minimum atomic E-state index is -0.385. The molecule has 1 saturated heterocycles. The number of halogens is 1. The molecule has 1 amide bonds. The first-order valence-corrected chi connectivity index (χ1v) is 7.71. The van der Waals surface area contributed by atoms with Gasteiger partial charge in [-0.25, -0.2) is 4.98 Å². The van der Waals surface area contributed by atoms with Gasteiger partial charge in [-0.1, -0.05) is 0 Å². The smallest absolute Gasteiger partial charge is 0.249 e. The van der Waals surface area contributed by atoms with E-state index in [0.29, 0.717) is 13.1 Å². The summed E-state index contributed by atoms with van der Waals surface area (Å²) in [6.07, 6.45) is 5.03. The Labute approximate surface area is 130 Å². The monoisotopic (exact) mass is 352 g/mol. The maximum absolute atomic E-state index is 12.0. The molecule has 6 nitrogen and oxygen atoms in total.